The number of thiophene rings is 1. The first-order valence-electron chi connectivity index (χ1n) is 16.0. The number of fused-ring (bicyclic) bond motifs is 3. The Kier molecular flexibility index (Phi) is 9.29. The molecule has 0 saturated heterocycles. The minimum absolute atomic E-state index is 0.164. The highest BCUT2D eigenvalue weighted by molar-refractivity contribution is 7.14. The van der Waals surface area contributed by atoms with Gasteiger partial charge in [0.05, 0.1) is 10.6 Å². The lowest BCUT2D eigenvalue weighted by molar-refractivity contribution is -0.142. The predicted octanol–water partition coefficient (Wildman–Crippen LogP) is 6.38. The number of amides is 1. The van der Waals surface area contributed by atoms with Crippen molar-refractivity contribution in [2.24, 2.45) is 7.05 Å². The molecule has 0 spiro atoms. The van der Waals surface area contributed by atoms with Gasteiger partial charge in [0, 0.05) is 61.5 Å². The molecule has 0 radical (unpaired) electrons. The van der Waals surface area contributed by atoms with Gasteiger partial charge in [-0.1, -0.05) is 6.07 Å². The summed E-state index contributed by atoms with van der Waals surface area (Å²) >= 11 is 1.56. The molecule has 6 rings (SSSR count). The summed E-state index contributed by atoms with van der Waals surface area (Å²) in [6.07, 6.45) is 8.30. The van der Waals surface area contributed by atoms with Gasteiger partial charge in [-0.25, -0.2) is 9.37 Å². The summed E-state index contributed by atoms with van der Waals surface area (Å²) < 4.78 is 22.4. The number of halogens is 1. The number of rotatable bonds is 9. The third kappa shape index (κ3) is 6.73. The molecule has 4 heterocycles. The largest absolute Gasteiger partial charge is 0.461 e. The highest BCUT2D eigenvalue weighted by Gasteiger charge is 2.34. The van der Waals surface area contributed by atoms with Gasteiger partial charge in [0.25, 0.3) is 11.5 Å². The summed E-state index contributed by atoms with van der Waals surface area (Å²) in [6.45, 7) is 6.52. The second-order valence-electron chi connectivity index (χ2n) is 12.7. The Morgan fingerprint density at radius 3 is 2.64 bits per heavy atom. The quantitative estimate of drug-likeness (QED) is 0.209. The van der Waals surface area contributed by atoms with Crippen molar-refractivity contribution in [1.82, 2.24) is 14.5 Å². The maximum Gasteiger partial charge on any atom is 0.302 e. The van der Waals surface area contributed by atoms with Crippen molar-refractivity contribution in [3.63, 3.8) is 0 Å². The number of esters is 1. The number of hydrogen-bond acceptors (Lipinski definition) is 8. The number of nitrogens with one attached hydrogen (secondary N) is 1. The van der Waals surface area contributed by atoms with Gasteiger partial charge in [0.2, 0.25) is 0 Å². The lowest BCUT2D eigenvalue weighted by Crippen LogP contribution is -2.38. The molecule has 3 aromatic heterocycles. The van der Waals surface area contributed by atoms with Crippen LogP contribution in [0.2, 0.25) is 0 Å². The van der Waals surface area contributed by atoms with E-state index in [0.717, 1.165) is 48.2 Å². The maximum atomic E-state index is 15.5. The van der Waals surface area contributed by atoms with E-state index in [-0.39, 0.29) is 23.8 Å². The Morgan fingerprint density at radius 1 is 1.13 bits per heavy atom. The highest BCUT2D eigenvalue weighted by Crippen LogP contribution is 2.41. The minimum atomic E-state index is -0.544. The van der Waals surface area contributed by atoms with Gasteiger partial charge in [-0.3, -0.25) is 19.3 Å². The zero-order valence-corrected chi connectivity index (χ0v) is 28.3. The molecule has 0 bridgehead atoms. The van der Waals surface area contributed by atoms with E-state index in [9.17, 15) is 14.4 Å². The Morgan fingerprint density at radius 2 is 1.91 bits per heavy atom. The van der Waals surface area contributed by atoms with E-state index in [1.54, 1.807) is 41.7 Å². The molecule has 0 saturated carbocycles. The third-order valence-corrected chi connectivity index (χ3v) is 10.4. The number of pyridine rings is 2. The number of aromatic nitrogens is 2. The van der Waals surface area contributed by atoms with Crippen molar-refractivity contribution < 1.29 is 18.7 Å². The lowest BCUT2D eigenvalue weighted by Gasteiger charge is -2.30. The smallest absolute Gasteiger partial charge is 0.302 e. The fourth-order valence-corrected chi connectivity index (χ4v) is 7.73. The van der Waals surface area contributed by atoms with Crippen LogP contribution in [0.5, 0.6) is 0 Å². The molecule has 11 heteroatoms. The zero-order valence-electron chi connectivity index (χ0n) is 27.5. The van der Waals surface area contributed by atoms with Crippen LogP contribution in [0.3, 0.4) is 0 Å². The fourth-order valence-electron chi connectivity index (χ4n) is 6.34. The van der Waals surface area contributed by atoms with E-state index in [0.29, 0.717) is 47.2 Å². The van der Waals surface area contributed by atoms with Gasteiger partial charge >= 0.3 is 5.97 Å². The summed E-state index contributed by atoms with van der Waals surface area (Å²) in [7, 11) is 3.67. The van der Waals surface area contributed by atoms with Crippen LogP contribution in [0, 0.1) is 5.82 Å². The monoisotopic (exact) mass is 657 g/mol. The first-order chi connectivity index (χ1) is 22.5. The van der Waals surface area contributed by atoms with Crippen LogP contribution in [-0.2, 0) is 49.0 Å². The van der Waals surface area contributed by atoms with Crippen molar-refractivity contribution in [3.8, 4) is 11.1 Å². The van der Waals surface area contributed by atoms with E-state index < -0.39 is 11.8 Å². The molecular weight excluding hydrogens is 617 g/mol. The van der Waals surface area contributed by atoms with E-state index in [1.807, 2.05) is 19.2 Å². The standard InChI is InChI=1S/C36H40FN5O4S/c1-21(2)40(4)18-23-10-11-33(38-17-23)39-30-14-24(19-41(5)35(30)44)28-15-25(37)16-31(29(28)20-46-22(3)43)42-13-12-27-26-8-6-7-9-32(26)47-34(27)36(42)45/h10-11,14-17,19,21H,6-9,12-13,18,20H2,1-5H3,(H,38,39). The predicted molar refractivity (Wildman–Crippen MR) is 183 cm³/mol. The molecule has 1 aromatic carbocycles. The van der Waals surface area contributed by atoms with Gasteiger partial charge in [-0.2, -0.15) is 0 Å². The van der Waals surface area contributed by atoms with Crippen LogP contribution in [0.4, 0.5) is 21.6 Å². The number of aryl methyl sites for hydroxylation is 2. The molecule has 9 nitrogen and oxygen atoms in total. The van der Waals surface area contributed by atoms with Crippen LogP contribution < -0.4 is 15.8 Å². The first-order valence-corrected chi connectivity index (χ1v) is 16.9. The number of benzene rings is 1. The molecule has 0 fully saturated rings. The Labute approximate surface area is 278 Å². The van der Waals surface area contributed by atoms with E-state index in [1.165, 1.54) is 34.1 Å². The molecule has 1 aliphatic heterocycles. The lowest BCUT2D eigenvalue weighted by atomic mass is 9.91. The molecule has 4 aromatic rings. The summed E-state index contributed by atoms with van der Waals surface area (Å²) in [4.78, 5) is 49.6. The summed E-state index contributed by atoms with van der Waals surface area (Å²) in [5.41, 5.74) is 5.23. The summed E-state index contributed by atoms with van der Waals surface area (Å²) in [6, 6.07) is 8.50. The molecule has 246 valence electrons. The normalized spacial score (nSPS) is 14.4. The number of anilines is 3. The molecule has 0 unspecified atom stereocenters. The Bertz CT molecular complexity index is 1900. The topological polar surface area (TPSA) is 96.8 Å². The zero-order chi connectivity index (χ0) is 33.4. The van der Waals surface area contributed by atoms with E-state index in [4.69, 9.17) is 4.74 Å². The van der Waals surface area contributed by atoms with Crippen LogP contribution in [0.15, 0.2) is 47.5 Å². The molecule has 0 atom stereocenters. The van der Waals surface area contributed by atoms with Gasteiger partial charge in [0.15, 0.2) is 0 Å². The molecule has 1 amide bonds. The Hall–Kier alpha value is -4.35. The highest BCUT2D eigenvalue weighted by atomic mass is 32.1. The Balaban J connectivity index is 1.38. The molecule has 1 aliphatic carbocycles. The summed E-state index contributed by atoms with van der Waals surface area (Å²) in [5, 5.41) is 3.13. The second-order valence-corrected chi connectivity index (χ2v) is 13.8. The van der Waals surface area contributed by atoms with Crippen LogP contribution in [0.25, 0.3) is 11.1 Å². The molecule has 1 N–H and O–H groups in total. The average molecular weight is 658 g/mol. The van der Waals surface area contributed by atoms with Crippen molar-refractivity contribution in [3.05, 3.63) is 90.9 Å². The third-order valence-electron chi connectivity index (χ3n) is 9.10. The van der Waals surface area contributed by atoms with Crippen LogP contribution >= 0.6 is 11.3 Å². The van der Waals surface area contributed by atoms with Crippen molar-refractivity contribution in [2.75, 3.05) is 23.8 Å². The van der Waals surface area contributed by atoms with Gasteiger partial charge in [0.1, 0.15) is 23.9 Å². The van der Waals surface area contributed by atoms with E-state index >= 15 is 4.39 Å². The SMILES string of the molecule is CC(=O)OCc1c(-c2cc(Nc3ccc(CN(C)C(C)C)cn3)c(=O)n(C)c2)cc(F)cc1N1CCc2c(sc3c2CCCC3)C1=O. The van der Waals surface area contributed by atoms with Gasteiger partial charge in [-0.15, -0.1) is 11.3 Å². The number of hydrogen-bond donors (Lipinski definition) is 1. The van der Waals surface area contributed by atoms with Crippen LogP contribution in [0.1, 0.15) is 70.4 Å². The average Bonchev–Trinajstić information content (AvgIpc) is 3.43. The van der Waals surface area contributed by atoms with Gasteiger partial charge in [-0.05, 0) is 99.5 Å². The fraction of sp³-hybridized carbons (Fsp3) is 0.389. The number of carbonyl (C=O) groups is 2. The second kappa shape index (κ2) is 13.4. The van der Waals surface area contributed by atoms with Crippen molar-refractivity contribution in [1.29, 1.82) is 0 Å². The first kappa shape index (κ1) is 32.6. The minimum Gasteiger partial charge on any atom is -0.461 e. The molecule has 2 aliphatic rings. The summed E-state index contributed by atoms with van der Waals surface area (Å²) in [5.74, 6) is -0.717. The number of carbonyl (C=O) groups excluding carboxylic acids is 2. The number of nitrogens with zero attached hydrogens (tertiary/aromatic N) is 4. The molecular formula is C36H40FN5O4S. The van der Waals surface area contributed by atoms with Crippen molar-refractivity contribution >= 4 is 40.4 Å². The molecule has 47 heavy (non-hydrogen) atoms. The maximum absolute atomic E-state index is 15.5. The van der Waals surface area contributed by atoms with Crippen LogP contribution in [-0.4, -0.2) is 46.0 Å². The number of ether oxygens (including phenoxy) is 1. The van der Waals surface area contributed by atoms with Gasteiger partial charge < -0.3 is 19.5 Å². The van der Waals surface area contributed by atoms with E-state index in [2.05, 4.69) is 29.0 Å². The van der Waals surface area contributed by atoms with Crippen molar-refractivity contribution in [2.45, 2.75) is 72.1 Å².